The van der Waals surface area contributed by atoms with E-state index in [9.17, 15) is 4.79 Å². The molecule has 0 aliphatic carbocycles. The first-order chi connectivity index (χ1) is 13.6. The third-order valence-corrected chi connectivity index (χ3v) is 6.22. The molecule has 2 saturated heterocycles. The molecular weight excluding hydrogens is 360 g/mol. The van der Waals surface area contributed by atoms with E-state index in [0.29, 0.717) is 38.0 Å². The topological polar surface area (TPSA) is 94.1 Å². The normalized spacial score (nSPS) is 27.4. The predicted octanol–water partition coefficient (Wildman–Crippen LogP) is 0.924. The molecule has 1 aromatic heterocycles. The van der Waals surface area contributed by atoms with Crippen LogP contribution in [0.4, 0.5) is 0 Å². The Morgan fingerprint density at radius 1 is 1.25 bits per heavy atom. The number of carbonyl (C=O) groups is 1. The largest absolute Gasteiger partial charge is 0.443 e. The van der Waals surface area contributed by atoms with E-state index in [1.807, 2.05) is 4.90 Å². The molecule has 4 heterocycles. The highest BCUT2D eigenvalue weighted by Gasteiger charge is 2.35. The van der Waals surface area contributed by atoms with Crippen molar-refractivity contribution in [3.8, 4) is 0 Å². The average Bonchev–Trinajstić information content (AvgIpc) is 3.01. The van der Waals surface area contributed by atoms with Crippen LogP contribution in [0.5, 0.6) is 0 Å². The van der Waals surface area contributed by atoms with Gasteiger partial charge in [-0.2, -0.15) is 0 Å². The van der Waals surface area contributed by atoms with Crippen LogP contribution in [-0.2, 0) is 33.8 Å². The second-order valence-electron chi connectivity index (χ2n) is 8.25. The van der Waals surface area contributed by atoms with Crippen LogP contribution in [0.3, 0.4) is 0 Å². The first-order valence-corrected chi connectivity index (χ1v) is 10.5. The SMILES string of the molecule is COCc1nc2c(o1)CCN(C(=O)[C@H]1CC[C@@H](N)CN(C3CCOCC3)C1)C2. The Labute approximate surface area is 166 Å². The van der Waals surface area contributed by atoms with Crippen LogP contribution in [0.15, 0.2) is 4.42 Å². The van der Waals surface area contributed by atoms with Gasteiger partial charge >= 0.3 is 0 Å². The minimum absolute atomic E-state index is 0.00305. The molecule has 8 nitrogen and oxygen atoms in total. The molecule has 1 aromatic rings. The molecule has 2 N–H and O–H groups in total. The zero-order valence-electron chi connectivity index (χ0n) is 16.8. The van der Waals surface area contributed by atoms with Crippen LogP contribution in [-0.4, -0.2) is 72.7 Å². The molecule has 3 aliphatic rings. The lowest BCUT2D eigenvalue weighted by Gasteiger charge is -2.36. The van der Waals surface area contributed by atoms with Crippen molar-refractivity contribution in [2.45, 2.75) is 57.3 Å². The lowest BCUT2D eigenvalue weighted by Crippen LogP contribution is -2.48. The van der Waals surface area contributed by atoms with E-state index in [2.05, 4.69) is 9.88 Å². The molecule has 1 amide bonds. The number of hydrogen-bond acceptors (Lipinski definition) is 7. The summed E-state index contributed by atoms with van der Waals surface area (Å²) in [6.07, 6.45) is 4.53. The van der Waals surface area contributed by atoms with Gasteiger partial charge in [-0.25, -0.2) is 4.98 Å². The number of fused-ring (bicyclic) bond motifs is 1. The number of ether oxygens (including phenoxy) is 2. The van der Waals surface area contributed by atoms with Crippen molar-refractivity contribution in [3.05, 3.63) is 17.3 Å². The molecular formula is C20H32N4O4. The number of hydrogen-bond donors (Lipinski definition) is 1. The second-order valence-corrected chi connectivity index (χ2v) is 8.25. The minimum atomic E-state index is 0.00305. The Bertz CT molecular complexity index is 673. The monoisotopic (exact) mass is 392 g/mol. The van der Waals surface area contributed by atoms with E-state index in [0.717, 1.165) is 63.4 Å². The fourth-order valence-electron chi connectivity index (χ4n) is 4.69. The van der Waals surface area contributed by atoms with Gasteiger partial charge in [-0.15, -0.1) is 0 Å². The molecule has 0 radical (unpaired) electrons. The fraction of sp³-hybridized carbons (Fsp3) is 0.800. The van der Waals surface area contributed by atoms with Gasteiger partial charge in [0.2, 0.25) is 11.8 Å². The smallest absolute Gasteiger partial charge is 0.227 e. The summed E-state index contributed by atoms with van der Waals surface area (Å²) in [5.41, 5.74) is 7.21. The molecule has 8 heteroatoms. The van der Waals surface area contributed by atoms with Gasteiger partial charge in [-0.3, -0.25) is 9.69 Å². The summed E-state index contributed by atoms with van der Waals surface area (Å²) in [7, 11) is 1.62. The third-order valence-electron chi connectivity index (χ3n) is 6.22. The van der Waals surface area contributed by atoms with Crippen LogP contribution in [0.1, 0.15) is 43.0 Å². The quantitative estimate of drug-likeness (QED) is 0.814. The molecule has 28 heavy (non-hydrogen) atoms. The molecule has 156 valence electrons. The second kappa shape index (κ2) is 8.90. The van der Waals surface area contributed by atoms with Crippen molar-refractivity contribution >= 4 is 5.91 Å². The Balaban J connectivity index is 1.42. The van der Waals surface area contributed by atoms with Crippen LogP contribution in [0.2, 0.25) is 0 Å². The molecule has 3 aliphatic heterocycles. The van der Waals surface area contributed by atoms with Crippen molar-refractivity contribution in [2.75, 3.05) is 40.0 Å². The Morgan fingerprint density at radius 3 is 2.86 bits per heavy atom. The maximum Gasteiger partial charge on any atom is 0.227 e. The number of likely N-dealkylation sites (tertiary alicyclic amines) is 1. The average molecular weight is 393 g/mol. The Hall–Kier alpha value is -1.48. The van der Waals surface area contributed by atoms with Gasteiger partial charge in [-0.05, 0) is 25.7 Å². The van der Waals surface area contributed by atoms with Gasteiger partial charge in [0, 0.05) is 58.5 Å². The van der Waals surface area contributed by atoms with Crippen molar-refractivity contribution in [1.82, 2.24) is 14.8 Å². The van der Waals surface area contributed by atoms with E-state index in [1.54, 1.807) is 7.11 Å². The van der Waals surface area contributed by atoms with Crippen molar-refractivity contribution in [1.29, 1.82) is 0 Å². The summed E-state index contributed by atoms with van der Waals surface area (Å²) < 4.78 is 16.4. The lowest BCUT2D eigenvalue weighted by atomic mass is 9.98. The molecule has 0 bridgehead atoms. The lowest BCUT2D eigenvalue weighted by molar-refractivity contribution is -0.137. The van der Waals surface area contributed by atoms with Crippen LogP contribution in [0.25, 0.3) is 0 Å². The van der Waals surface area contributed by atoms with Gasteiger partial charge in [0.25, 0.3) is 0 Å². The number of aromatic nitrogens is 1. The Morgan fingerprint density at radius 2 is 2.07 bits per heavy atom. The van der Waals surface area contributed by atoms with Crippen LogP contribution in [0, 0.1) is 5.92 Å². The molecule has 0 saturated carbocycles. The maximum absolute atomic E-state index is 13.3. The molecule has 0 spiro atoms. The Kier molecular flexibility index (Phi) is 6.30. The predicted molar refractivity (Wildman–Crippen MR) is 102 cm³/mol. The standard InChI is InChI=1S/C20H32N4O4/c1-26-13-19-22-17-12-23(7-4-18(17)28-19)20(25)14-2-3-15(21)11-24(10-14)16-5-8-27-9-6-16/h14-16H,2-13,21H2,1H3/t14-,15+/m0/s1. The number of rotatable bonds is 4. The highest BCUT2D eigenvalue weighted by Crippen LogP contribution is 2.26. The van der Waals surface area contributed by atoms with Gasteiger partial charge in [0.15, 0.2) is 0 Å². The van der Waals surface area contributed by atoms with Crippen LogP contribution < -0.4 is 5.73 Å². The zero-order valence-corrected chi connectivity index (χ0v) is 16.8. The summed E-state index contributed by atoms with van der Waals surface area (Å²) in [6.45, 7) is 4.87. The van der Waals surface area contributed by atoms with Crippen molar-refractivity contribution < 1.29 is 18.7 Å². The maximum atomic E-state index is 13.3. The summed E-state index contributed by atoms with van der Waals surface area (Å²) in [4.78, 5) is 22.2. The van der Waals surface area contributed by atoms with E-state index >= 15 is 0 Å². The number of nitrogens with two attached hydrogens (primary N) is 1. The van der Waals surface area contributed by atoms with Gasteiger partial charge in [-0.1, -0.05) is 0 Å². The molecule has 2 fully saturated rings. The summed E-state index contributed by atoms with van der Waals surface area (Å²) in [5.74, 6) is 1.71. The number of nitrogens with zero attached hydrogens (tertiary/aromatic N) is 3. The van der Waals surface area contributed by atoms with E-state index in [4.69, 9.17) is 19.6 Å². The number of carbonyl (C=O) groups excluding carboxylic acids is 1. The van der Waals surface area contributed by atoms with Crippen molar-refractivity contribution in [3.63, 3.8) is 0 Å². The van der Waals surface area contributed by atoms with Gasteiger partial charge in [0.05, 0.1) is 12.5 Å². The first-order valence-electron chi connectivity index (χ1n) is 10.5. The van der Waals surface area contributed by atoms with E-state index in [-0.39, 0.29) is 17.9 Å². The number of methoxy groups -OCH3 is 1. The number of amides is 1. The molecule has 4 rings (SSSR count). The highest BCUT2D eigenvalue weighted by atomic mass is 16.5. The third kappa shape index (κ3) is 4.40. The minimum Gasteiger partial charge on any atom is -0.443 e. The van der Waals surface area contributed by atoms with Crippen molar-refractivity contribution in [2.24, 2.45) is 11.7 Å². The highest BCUT2D eigenvalue weighted by molar-refractivity contribution is 5.79. The summed E-state index contributed by atoms with van der Waals surface area (Å²) in [6, 6.07) is 0.619. The number of oxazole rings is 1. The first kappa shape index (κ1) is 19.8. The summed E-state index contributed by atoms with van der Waals surface area (Å²) in [5, 5.41) is 0. The molecule has 0 unspecified atom stereocenters. The van der Waals surface area contributed by atoms with E-state index in [1.165, 1.54) is 0 Å². The zero-order chi connectivity index (χ0) is 19.5. The van der Waals surface area contributed by atoms with E-state index < -0.39 is 0 Å². The fourth-order valence-corrected chi connectivity index (χ4v) is 4.69. The summed E-state index contributed by atoms with van der Waals surface area (Å²) >= 11 is 0. The van der Waals surface area contributed by atoms with Crippen LogP contribution >= 0.6 is 0 Å². The van der Waals surface area contributed by atoms with Gasteiger partial charge < -0.3 is 24.5 Å². The molecule has 2 atom stereocenters. The van der Waals surface area contributed by atoms with Gasteiger partial charge in [0.1, 0.15) is 18.1 Å². The molecule has 0 aromatic carbocycles.